The van der Waals surface area contributed by atoms with Crippen LogP contribution in [0, 0.1) is 5.92 Å². The fourth-order valence-corrected chi connectivity index (χ4v) is 3.64. The van der Waals surface area contributed by atoms with Gasteiger partial charge in [-0.1, -0.05) is 0 Å². The van der Waals surface area contributed by atoms with E-state index in [9.17, 15) is 14.4 Å². The zero-order valence-corrected chi connectivity index (χ0v) is 14.7. The summed E-state index contributed by atoms with van der Waals surface area (Å²) >= 11 is 0. The molecule has 140 valence electrons. The van der Waals surface area contributed by atoms with Gasteiger partial charge in [0.1, 0.15) is 0 Å². The summed E-state index contributed by atoms with van der Waals surface area (Å²) in [6.45, 7) is 1.62. The second-order valence-corrected chi connectivity index (χ2v) is 7.06. The van der Waals surface area contributed by atoms with E-state index in [4.69, 9.17) is 5.11 Å². The van der Waals surface area contributed by atoms with Crippen LogP contribution in [0.5, 0.6) is 0 Å². The molecule has 0 aromatic heterocycles. The van der Waals surface area contributed by atoms with Gasteiger partial charge in [-0.2, -0.15) is 0 Å². The largest absolute Gasteiger partial charge is 0.481 e. The van der Waals surface area contributed by atoms with Crippen LogP contribution in [-0.4, -0.2) is 47.0 Å². The molecule has 7 heteroatoms. The molecule has 0 bridgehead atoms. The van der Waals surface area contributed by atoms with Gasteiger partial charge < -0.3 is 20.6 Å². The van der Waals surface area contributed by atoms with Gasteiger partial charge in [-0.15, -0.1) is 0 Å². The van der Waals surface area contributed by atoms with Crippen molar-refractivity contribution in [2.75, 3.05) is 18.4 Å². The van der Waals surface area contributed by atoms with Crippen molar-refractivity contribution in [1.29, 1.82) is 0 Å². The number of nitrogens with zero attached hydrogens (tertiary/aromatic N) is 1. The molecule has 0 atom stereocenters. The molecule has 1 aliphatic heterocycles. The first-order chi connectivity index (χ1) is 12.5. The average molecular weight is 359 g/mol. The Kier molecular flexibility index (Phi) is 5.75. The van der Waals surface area contributed by atoms with Gasteiger partial charge in [-0.05, 0) is 62.8 Å². The van der Waals surface area contributed by atoms with Crippen molar-refractivity contribution >= 4 is 23.6 Å². The van der Waals surface area contributed by atoms with Gasteiger partial charge in [-0.3, -0.25) is 9.59 Å². The standard InChI is InChI=1S/C19H25N3O4/c23-17(22-11-1-2-12-22)13-3-7-15(8-4-13)20-19(26)21-16-9-5-14(6-10-16)18(24)25/h3-4,7-8,14,16H,1-2,5-6,9-12H2,(H,24,25)(H2,20,21,26). The number of carbonyl (C=O) groups is 3. The molecule has 3 amide bonds. The third kappa shape index (κ3) is 4.53. The topological polar surface area (TPSA) is 98.7 Å². The van der Waals surface area contributed by atoms with Crippen molar-refractivity contribution in [2.24, 2.45) is 5.92 Å². The average Bonchev–Trinajstić information content (AvgIpc) is 3.17. The van der Waals surface area contributed by atoms with Gasteiger partial charge in [0, 0.05) is 30.4 Å². The molecule has 0 unspecified atom stereocenters. The van der Waals surface area contributed by atoms with Crippen LogP contribution in [0.3, 0.4) is 0 Å². The maximum absolute atomic E-state index is 12.3. The summed E-state index contributed by atoms with van der Waals surface area (Å²) in [7, 11) is 0. The minimum atomic E-state index is -0.753. The zero-order valence-electron chi connectivity index (χ0n) is 14.7. The SMILES string of the molecule is O=C(Nc1ccc(C(=O)N2CCCC2)cc1)NC1CCC(C(=O)O)CC1. The number of rotatable bonds is 4. The van der Waals surface area contributed by atoms with E-state index in [0.717, 1.165) is 25.9 Å². The maximum Gasteiger partial charge on any atom is 0.319 e. The molecule has 1 aromatic carbocycles. The molecule has 1 aromatic rings. The van der Waals surface area contributed by atoms with Crippen LogP contribution in [0.2, 0.25) is 0 Å². The van der Waals surface area contributed by atoms with Gasteiger partial charge in [0.15, 0.2) is 0 Å². The first kappa shape index (κ1) is 18.2. The van der Waals surface area contributed by atoms with Crippen molar-refractivity contribution in [3.63, 3.8) is 0 Å². The number of carboxylic acid groups (broad SMARTS) is 1. The number of anilines is 1. The monoisotopic (exact) mass is 359 g/mol. The molecule has 26 heavy (non-hydrogen) atoms. The second-order valence-electron chi connectivity index (χ2n) is 7.06. The summed E-state index contributed by atoms with van der Waals surface area (Å²) in [5.41, 5.74) is 1.25. The summed E-state index contributed by atoms with van der Waals surface area (Å²) in [5, 5.41) is 14.7. The Hall–Kier alpha value is -2.57. The highest BCUT2D eigenvalue weighted by Crippen LogP contribution is 2.24. The number of likely N-dealkylation sites (tertiary alicyclic amines) is 1. The lowest BCUT2D eigenvalue weighted by atomic mass is 9.86. The Morgan fingerprint density at radius 3 is 2.15 bits per heavy atom. The molecule has 3 rings (SSSR count). The maximum atomic E-state index is 12.3. The smallest absolute Gasteiger partial charge is 0.319 e. The lowest BCUT2D eigenvalue weighted by Gasteiger charge is -2.26. The number of carbonyl (C=O) groups excluding carboxylic acids is 2. The Labute approximate surface area is 152 Å². The third-order valence-corrected chi connectivity index (χ3v) is 5.19. The Morgan fingerprint density at radius 2 is 1.58 bits per heavy atom. The van der Waals surface area contributed by atoms with Gasteiger partial charge >= 0.3 is 12.0 Å². The molecular formula is C19H25N3O4. The Morgan fingerprint density at radius 1 is 0.962 bits per heavy atom. The Bertz CT molecular complexity index is 660. The zero-order chi connectivity index (χ0) is 18.5. The van der Waals surface area contributed by atoms with E-state index in [0.29, 0.717) is 36.9 Å². The number of benzene rings is 1. The Balaban J connectivity index is 1.47. The van der Waals surface area contributed by atoms with Crippen LogP contribution in [0.4, 0.5) is 10.5 Å². The fraction of sp³-hybridized carbons (Fsp3) is 0.526. The molecule has 1 aliphatic carbocycles. The normalized spacial score (nSPS) is 22.7. The molecule has 1 heterocycles. The molecule has 1 saturated heterocycles. The van der Waals surface area contributed by atoms with Gasteiger partial charge in [0.05, 0.1) is 5.92 Å². The highest BCUT2D eigenvalue weighted by molar-refractivity contribution is 5.95. The van der Waals surface area contributed by atoms with E-state index in [1.165, 1.54) is 0 Å². The number of hydrogen-bond donors (Lipinski definition) is 3. The van der Waals surface area contributed by atoms with Crippen LogP contribution in [-0.2, 0) is 4.79 Å². The highest BCUT2D eigenvalue weighted by atomic mass is 16.4. The molecular weight excluding hydrogens is 334 g/mol. The highest BCUT2D eigenvalue weighted by Gasteiger charge is 2.26. The van der Waals surface area contributed by atoms with Gasteiger partial charge in [0.2, 0.25) is 0 Å². The minimum Gasteiger partial charge on any atom is -0.481 e. The van der Waals surface area contributed by atoms with Crippen LogP contribution < -0.4 is 10.6 Å². The quantitative estimate of drug-likeness (QED) is 0.770. The van der Waals surface area contributed by atoms with Gasteiger partial charge in [0.25, 0.3) is 5.91 Å². The number of aliphatic carboxylic acids is 1. The number of carboxylic acids is 1. The number of urea groups is 1. The first-order valence-electron chi connectivity index (χ1n) is 9.22. The molecule has 1 saturated carbocycles. The number of hydrogen-bond acceptors (Lipinski definition) is 3. The predicted octanol–water partition coefficient (Wildman–Crippen LogP) is 2.69. The van der Waals surface area contributed by atoms with Crippen molar-refractivity contribution in [3.05, 3.63) is 29.8 Å². The van der Waals surface area contributed by atoms with E-state index in [1.54, 1.807) is 24.3 Å². The fourth-order valence-electron chi connectivity index (χ4n) is 3.64. The van der Waals surface area contributed by atoms with Crippen molar-refractivity contribution in [1.82, 2.24) is 10.2 Å². The first-order valence-corrected chi connectivity index (χ1v) is 9.22. The molecule has 2 aliphatic rings. The molecule has 0 spiro atoms. The summed E-state index contributed by atoms with van der Waals surface area (Å²) in [6, 6.07) is 6.61. The van der Waals surface area contributed by atoms with E-state index < -0.39 is 5.97 Å². The van der Waals surface area contributed by atoms with Crippen LogP contribution in [0.1, 0.15) is 48.9 Å². The lowest BCUT2D eigenvalue weighted by molar-refractivity contribution is -0.142. The van der Waals surface area contributed by atoms with Crippen molar-refractivity contribution < 1.29 is 19.5 Å². The summed E-state index contributed by atoms with van der Waals surface area (Å²) in [6.07, 6.45) is 4.64. The molecule has 2 fully saturated rings. The predicted molar refractivity (Wildman–Crippen MR) is 97.1 cm³/mol. The lowest BCUT2D eigenvalue weighted by Crippen LogP contribution is -2.41. The minimum absolute atomic E-state index is 0.00150. The van der Waals surface area contributed by atoms with Crippen molar-refractivity contribution in [3.8, 4) is 0 Å². The van der Waals surface area contributed by atoms with Gasteiger partial charge in [-0.25, -0.2) is 4.79 Å². The van der Waals surface area contributed by atoms with E-state index >= 15 is 0 Å². The van der Waals surface area contributed by atoms with Crippen LogP contribution in [0.15, 0.2) is 24.3 Å². The third-order valence-electron chi connectivity index (χ3n) is 5.19. The van der Waals surface area contributed by atoms with E-state index in [2.05, 4.69) is 10.6 Å². The molecule has 7 nitrogen and oxygen atoms in total. The summed E-state index contributed by atoms with van der Waals surface area (Å²) < 4.78 is 0. The summed E-state index contributed by atoms with van der Waals surface area (Å²) in [4.78, 5) is 37.2. The summed E-state index contributed by atoms with van der Waals surface area (Å²) in [5.74, 6) is -1.01. The van der Waals surface area contributed by atoms with Crippen molar-refractivity contribution in [2.45, 2.75) is 44.6 Å². The molecule has 3 N–H and O–H groups in total. The molecule has 0 radical (unpaired) electrons. The van der Waals surface area contributed by atoms with E-state index in [-0.39, 0.29) is 23.9 Å². The second kappa shape index (κ2) is 8.21. The number of nitrogens with one attached hydrogen (secondary N) is 2. The number of amides is 3. The van der Waals surface area contributed by atoms with E-state index in [1.807, 2.05) is 4.90 Å². The van der Waals surface area contributed by atoms with Crippen LogP contribution in [0.25, 0.3) is 0 Å². The van der Waals surface area contributed by atoms with Crippen LogP contribution >= 0.6 is 0 Å².